The number of carboxylic acids is 1. The quantitative estimate of drug-likeness (QED) is 0.769. The summed E-state index contributed by atoms with van der Waals surface area (Å²) < 4.78 is 5.41. The molecular weight excluding hydrogens is 334 g/mol. The largest absolute Gasteiger partial charge is 0.478 e. The van der Waals surface area contributed by atoms with Crippen LogP contribution in [-0.4, -0.2) is 29.5 Å². The first-order valence-corrected chi connectivity index (χ1v) is 9.60. The van der Waals surface area contributed by atoms with Gasteiger partial charge in [0, 0.05) is 36.4 Å². The fraction of sp³-hybridized carbons (Fsp3) is 0.350. The molecule has 1 heterocycles. The summed E-state index contributed by atoms with van der Waals surface area (Å²) in [4.78, 5) is 11.0. The summed E-state index contributed by atoms with van der Waals surface area (Å²) in [6.07, 6.45) is 2.28. The van der Waals surface area contributed by atoms with Gasteiger partial charge in [-0.15, -0.1) is 0 Å². The third-order valence-corrected chi connectivity index (χ3v) is 5.69. The second-order valence-corrected chi connectivity index (χ2v) is 7.47. The fourth-order valence-electron chi connectivity index (χ4n) is 2.85. The van der Waals surface area contributed by atoms with Crippen LogP contribution in [0.25, 0.3) is 0 Å². The molecule has 3 rings (SSSR count). The molecule has 1 aliphatic heterocycles. The monoisotopic (exact) mass is 357 g/mol. The Kier molecular flexibility index (Phi) is 6.36. The molecule has 0 aliphatic carbocycles. The van der Waals surface area contributed by atoms with E-state index in [1.807, 2.05) is 23.9 Å². The van der Waals surface area contributed by atoms with Crippen LogP contribution in [0.2, 0.25) is 0 Å². The Balaban J connectivity index is 1.54. The number of thioether (sulfide) groups is 1. The van der Waals surface area contributed by atoms with E-state index < -0.39 is 5.97 Å². The molecule has 1 fully saturated rings. The lowest BCUT2D eigenvalue weighted by Crippen LogP contribution is -2.17. The van der Waals surface area contributed by atoms with Crippen molar-refractivity contribution in [3.05, 3.63) is 65.2 Å². The maximum Gasteiger partial charge on any atom is 0.335 e. The van der Waals surface area contributed by atoms with E-state index in [0.717, 1.165) is 43.1 Å². The molecule has 0 saturated carbocycles. The highest BCUT2D eigenvalue weighted by atomic mass is 32.2. The Labute approximate surface area is 152 Å². The molecule has 2 aromatic rings. The van der Waals surface area contributed by atoms with Crippen molar-refractivity contribution in [3.8, 4) is 0 Å². The average Bonchev–Trinajstić information content (AvgIpc) is 2.66. The normalized spacial score (nSPS) is 15.0. The van der Waals surface area contributed by atoms with Gasteiger partial charge in [-0.3, -0.25) is 0 Å². The van der Waals surface area contributed by atoms with E-state index >= 15 is 0 Å². The van der Waals surface area contributed by atoms with Crippen molar-refractivity contribution in [2.24, 2.45) is 0 Å². The van der Waals surface area contributed by atoms with Gasteiger partial charge < -0.3 is 15.2 Å². The zero-order valence-corrected chi connectivity index (χ0v) is 14.9. The molecule has 2 aromatic carbocycles. The minimum atomic E-state index is -0.894. The summed E-state index contributed by atoms with van der Waals surface area (Å²) >= 11 is 2.01. The van der Waals surface area contributed by atoms with Crippen LogP contribution in [0.4, 0.5) is 5.69 Å². The number of rotatable bonds is 7. The third-order valence-electron chi connectivity index (χ3n) is 4.25. The minimum absolute atomic E-state index is 0.320. The summed E-state index contributed by atoms with van der Waals surface area (Å²) in [6.45, 7) is 2.38. The van der Waals surface area contributed by atoms with Crippen molar-refractivity contribution < 1.29 is 14.6 Å². The molecule has 2 N–H and O–H groups in total. The van der Waals surface area contributed by atoms with Crippen LogP contribution >= 0.6 is 11.8 Å². The average molecular weight is 357 g/mol. The zero-order chi connectivity index (χ0) is 17.5. The molecule has 0 spiro atoms. The number of carboxylic acid groups (broad SMARTS) is 1. The molecule has 0 unspecified atom stereocenters. The van der Waals surface area contributed by atoms with Gasteiger partial charge in [-0.25, -0.2) is 4.79 Å². The Hall–Kier alpha value is -1.98. The highest BCUT2D eigenvalue weighted by Gasteiger charge is 2.14. The smallest absolute Gasteiger partial charge is 0.335 e. The Bertz CT molecular complexity index is 714. The number of aromatic carboxylic acids is 1. The lowest BCUT2D eigenvalue weighted by Gasteiger charge is -2.21. The second-order valence-electron chi connectivity index (χ2n) is 6.18. The number of ether oxygens (including phenoxy) is 1. The molecule has 4 nitrogen and oxygen atoms in total. The molecule has 1 aliphatic rings. The van der Waals surface area contributed by atoms with E-state index in [1.54, 1.807) is 18.2 Å². The van der Waals surface area contributed by atoms with Gasteiger partial charge in [0.15, 0.2) is 0 Å². The number of anilines is 1. The molecule has 0 bridgehead atoms. The molecule has 0 aromatic heterocycles. The standard InChI is InChI=1S/C20H23NO3S/c22-20(23)17-5-1-3-15(11-17)13-21-18-6-2-4-16(12-18)14-25-19-7-9-24-10-8-19/h1-6,11-12,19,21H,7-10,13-14H2,(H,22,23). The first-order chi connectivity index (χ1) is 12.2. The van der Waals surface area contributed by atoms with Gasteiger partial charge in [-0.1, -0.05) is 24.3 Å². The molecule has 1 saturated heterocycles. The first kappa shape index (κ1) is 17.8. The van der Waals surface area contributed by atoms with Crippen LogP contribution in [0.3, 0.4) is 0 Å². The van der Waals surface area contributed by atoms with E-state index in [2.05, 4.69) is 23.5 Å². The summed E-state index contributed by atoms with van der Waals surface area (Å²) in [5, 5.41) is 13.1. The summed E-state index contributed by atoms with van der Waals surface area (Å²) in [7, 11) is 0. The lowest BCUT2D eigenvalue weighted by molar-refractivity contribution is 0.0696. The van der Waals surface area contributed by atoms with E-state index in [9.17, 15) is 4.79 Å². The predicted octanol–water partition coefficient (Wildman–Crippen LogP) is 4.41. The number of hydrogen-bond donors (Lipinski definition) is 2. The summed E-state index contributed by atoms with van der Waals surface area (Å²) in [5.41, 5.74) is 3.65. The minimum Gasteiger partial charge on any atom is -0.478 e. The van der Waals surface area contributed by atoms with E-state index in [-0.39, 0.29) is 0 Å². The Morgan fingerprint density at radius 1 is 1.12 bits per heavy atom. The maximum atomic E-state index is 11.0. The van der Waals surface area contributed by atoms with Crippen molar-refractivity contribution in [2.45, 2.75) is 30.4 Å². The number of benzene rings is 2. The number of nitrogens with one attached hydrogen (secondary N) is 1. The van der Waals surface area contributed by atoms with Gasteiger partial charge in [0.25, 0.3) is 0 Å². The number of carbonyl (C=O) groups is 1. The van der Waals surface area contributed by atoms with Crippen LogP contribution in [0.1, 0.15) is 34.3 Å². The molecule has 25 heavy (non-hydrogen) atoms. The third kappa shape index (κ3) is 5.51. The highest BCUT2D eigenvalue weighted by Crippen LogP contribution is 2.26. The number of hydrogen-bond acceptors (Lipinski definition) is 4. The molecule has 132 valence electrons. The van der Waals surface area contributed by atoms with Gasteiger partial charge >= 0.3 is 5.97 Å². The molecule has 0 amide bonds. The van der Waals surface area contributed by atoms with Crippen LogP contribution in [0.15, 0.2) is 48.5 Å². The van der Waals surface area contributed by atoms with E-state index in [1.165, 1.54) is 5.56 Å². The Morgan fingerprint density at radius 3 is 2.68 bits per heavy atom. The first-order valence-electron chi connectivity index (χ1n) is 8.55. The van der Waals surface area contributed by atoms with Crippen LogP contribution in [0, 0.1) is 0 Å². The maximum absolute atomic E-state index is 11.0. The van der Waals surface area contributed by atoms with Crippen molar-refractivity contribution in [1.82, 2.24) is 0 Å². The second kappa shape index (κ2) is 8.92. The van der Waals surface area contributed by atoms with Gasteiger partial charge in [0.1, 0.15) is 0 Å². The highest BCUT2D eigenvalue weighted by molar-refractivity contribution is 7.99. The SMILES string of the molecule is O=C(O)c1cccc(CNc2cccc(CSC3CCOCC3)c2)c1. The van der Waals surface area contributed by atoms with Gasteiger partial charge in [-0.2, -0.15) is 11.8 Å². The van der Waals surface area contributed by atoms with Crippen molar-refractivity contribution >= 4 is 23.4 Å². The van der Waals surface area contributed by atoms with E-state index in [4.69, 9.17) is 9.84 Å². The van der Waals surface area contributed by atoms with Crippen molar-refractivity contribution in [1.29, 1.82) is 0 Å². The lowest BCUT2D eigenvalue weighted by atomic mass is 10.1. The van der Waals surface area contributed by atoms with Crippen LogP contribution in [0.5, 0.6) is 0 Å². The fourth-order valence-corrected chi connectivity index (χ4v) is 3.98. The van der Waals surface area contributed by atoms with Crippen LogP contribution in [-0.2, 0) is 17.0 Å². The van der Waals surface area contributed by atoms with Gasteiger partial charge in [0.05, 0.1) is 5.56 Å². The van der Waals surface area contributed by atoms with Crippen molar-refractivity contribution in [2.75, 3.05) is 18.5 Å². The Morgan fingerprint density at radius 2 is 1.88 bits per heavy atom. The van der Waals surface area contributed by atoms with Crippen molar-refractivity contribution in [3.63, 3.8) is 0 Å². The molecule has 0 atom stereocenters. The van der Waals surface area contributed by atoms with Gasteiger partial charge in [-0.05, 0) is 48.2 Å². The summed E-state index contributed by atoms with van der Waals surface area (Å²) in [6, 6.07) is 15.5. The van der Waals surface area contributed by atoms with E-state index in [0.29, 0.717) is 17.4 Å². The molecule has 5 heteroatoms. The van der Waals surface area contributed by atoms with Gasteiger partial charge in [0.2, 0.25) is 0 Å². The predicted molar refractivity (Wildman–Crippen MR) is 102 cm³/mol. The van der Waals surface area contributed by atoms with Crippen LogP contribution < -0.4 is 5.32 Å². The summed E-state index contributed by atoms with van der Waals surface area (Å²) in [5.74, 6) is 0.114. The molecule has 0 radical (unpaired) electrons. The molecular formula is C20H23NO3S. The zero-order valence-electron chi connectivity index (χ0n) is 14.1. The topological polar surface area (TPSA) is 58.6 Å².